The van der Waals surface area contributed by atoms with Crippen LogP contribution in [0.15, 0.2) is 35.4 Å². The van der Waals surface area contributed by atoms with Crippen molar-refractivity contribution in [1.29, 1.82) is 0 Å². The molecule has 2 heterocycles. The van der Waals surface area contributed by atoms with Gasteiger partial charge >= 0.3 is 6.03 Å². The number of hydrogen-bond acceptors (Lipinski definition) is 6. The number of aromatic amines is 1. The molecule has 0 unspecified atom stereocenters. The fraction of sp³-hybridized carbons (Fsp3) is 0.476. The number of urea groups is 1. The first kappa shape index (κ1) is 21.4. The van der Waals surface area contributed by atoms with Crippen LogP contribution in [0.5, 0.6) is 5.75 Å². The summed E-state index contributed by atoms with van der Waals surface area (Å²) in [4.78, 5) is 31.7. The molecule has 1 saturated heterocycles. The van der Waals surface area contributed by atoms with E-state index in [2.05, 4.69) is 15.3 Å². The molecule has 166 valence electrons. The molecule has 4 rings (SSSR count). The van der Waals surface area contributed by atoms with Gasteiger partial charge in [-0.2, -0.15) is 0 Å². The van der Waals surface area contributed by atoms with E-state index < -0.39 is 15.9 Å². The fourth-order valence-electron chi connectivity index (χ4n) is 3.93. The number of carbonyl (C=O) groups excluding carboxylic acids is 2. The number of nitrogens with one attached hydrogen (secondary N) is 2. The number of amides is 3. The maximum Gasteiger partial charge on any atom is 0.324 e. The van der Waals surface area contributed by atoms with Gasteiger partial charge < -0.3 is 14.6 Å². The smallest absolute Gasteiger partial charge is 0.324 e. The van der Waals surface area contributed by atoms with Crippen molar-refractivity contribution in [3.05, 3.63) is 42.0 Å². The third-order valence-electron chi connectivity index (χ3n) is 5.64. The van der Waals surface area contributed by atoms with Gasteiger partial charge in [-0.25, -0.2) is 18.2 Å². The molecule has 2 aliphatic rings. The van der Waals surface area contributed by atoms with Crippen molar-refractivity contribution in [3.8, 4) is 5.75 Å². The van der Waals surface area contributed by atoms with Gasteiger partial charge in [0.2, 0.25) is 5.91 Å². The fourth-order valence-corrected chi connectivity index (χ4v) is 5.21. The van der Waals surface area contributed by atoms with E-state index in [0.29, 0.717) is 29.8 Å². The van der Waals surface area contributed by atoms with E-state index in [-0.39, 0.29) is 36.1 Å². The summed E-state index contributed by atoms with van der Waals surface area (Å²) in [5.74, 6) is 1.20. The van der Waals surface area contributed by atoms with Crippen LogP contribution < -0.4 is 10.1 Å². The summed E-state index contributed by atoms with van der Waals surface area (Å²) in [5, 5.41) is 2.21. The van der Waals surface area contributed by atoms with Gasteiger partial charge in [-0.1, -0.05) is 18.9 Å². The lowest BCUT2D eigenvalue weighted by molar-refractivity contribution is -0.118. The molecule has 0 bridgehead atoms. The maximum absolute atomic E-state index is 12.8. The lowest BCUT2D eigenvalue weighted by Crippen LogP contribution is -2.27. The molecule has 0 spiro atoms. The highest BCUT2D eigenvalue weighted by atomic mass is 32.2. The third kappa shape index (κ3) is 5.43. The highest BCUT2D eigenvalue weighted by Crippen LogP contribution is 2.26. The quantitative estimate of drug-likeness (QED) is 0.569. The number of nitrogens with zero attached hydrogens (tertiary/aromatic N) is 2. The summed E-state index contributed by atoms with van der Waals surface area (Å²) in [5.41, 5.74) is 0.638. The van der Waals surface area contributed by atoms with Crippen LogP contribution in [0, 0.1) is 5.92 Å². The molecule has 1 aromatic heterocycles. The molecule has 3 amide bonds. The maximum atomic E-state index is 12.8. The van der Waals surface area contributed by atoms with E-state index in [1.807, 2.05) is 0 Å². The van der Waals surface area contributed by atoms with E-state index in [9.17, 15) is 18.0 Å². The van der Waals surface area contributed by atoms with Crippen molar-refractivity contribution in [1.82, 2.24) is 20.2 Å². The molecule has 9 nitrogen and oxygen atoms in total. The Kier molecular flexibility index (Phi) is 6.26. The standard InChI is InChI=1S/C21H26N4O5S/c26-20-13-25(21(27)24-20)12-16-11-22-19(23-16)8-9-31(28,29)18-7-3-6-17(10-18)30-14-15-4-1-2-5-15/h3,6-7,10-11,15H,1-2,4-5,8-9,12-14H2,(H,22,23)(H,24,26,27). The Hall–Kier alpha value is -2.88. The minimum absolute atomic E-state index is 0.000718. The summed E-state index contributed by atoms with van der Waals surface area (Å²) in [6.07, 6.45) is 6.57. The van der Waals surface area contributed by atoms with E-state index in [0.717, 1.165) is 0 Å². The lowest BCUT2D eigenvalue weighted by atomic mass is 10.1. The Morgan fingerprint density at radius 1 is 1.19 bits per heavy atom. The van der Waals surface area contributed by atoms with Crippen LogP contribution in [0.4, 0.5) is 4.79 Å². The number of carbonyl (C=O) groups is 2. The molecule has 1 aromatic carbocycles. The summed E-state index contributed by atoms with van der Waals surface area (Å²) < 4.78 is 31.4. The van der Waals surface area contributed by atoms with Crippen molar-refractivity contribution < 1.29 is 22.7 Å². The SMILES string of the molecule is O=C1CN(Cc2cnc(CCS(=O)(=O)c3cccc(OCC4CCCC4)c3)[nH]2)C(=O)N1. The van der Waals surface area contributed by atoms with Crippen LogP contribution in [0.25, 0.3) is 0 Å². The number of hydrogen-bond donors (Lipinski definition) is 2. The number of imidazole rings is 1. The second-order valence-electron chi connectivity index (χ2n) is 8.07. The average molecular weight is 447 g/mol. The largest absolute Gasteiger partial charge is 0.493 e. The van der Waals surface area contributed by atoms with Gasteiger partial charge in [-0.05, 0) is 37.0 Å². The molecule has 1 saturated carbocycles. The van der Waals surface area contributed by atoms with Crippen molar-refractivity contribution in [2.45, 2.75) is 43.5 Å². The van der Waals surface area contributed by atoms with Crippen LogP contribution in [0.3, 0.4) is 0 Å². The molecule has 0 radical (unpaired) electrons. The summed E-state index contributed by atoms with van der Waals surface area (Å²) in [6.45, 7) is 0.831. The zero-order valence-corrected chi connectivity index (χ0v) is 18.0. The Balaban J connectivity index is 1.33. The number of benzene rings is 1. The summed E-state index contributed by atoms with van der Waals surface area (Å²) in [7, 11) is -3.51. The number of H-pyrrole nitrogens is 1. The number of ether oxygens (including phenoxy) is 1. The van der Waals surface area contributed by atoms with Crippen LogP contribution in [0.1, 0.15) is 37.2 Å². The molecule has 2 N–H and O–H groups in total. The number of imide groups is 1. The highest BCUT2D eigenvalue weighted by molar-refractivity contribution is 7.91. The number of aromatic nitrogens is 2. The van der Waals surface area contributed by atoms with Gasteiger partial charge in [0.25, 0.3) is 0 Å². The van der Waals surface area contributed by atoms with Gasteiger partial charge in [-0.15, -0.1) is 0 Å². The second-order valence-corrected chi connectivity index (χ2v) is 10.2. The van der Waals surface area contributed by atoms with Gasteiger partial charge in [0.1, 0.15) is 18.1 Å². The predicted molar refractivity (Wildman–Crippen MR) is 112 cm³/mol. The summed E-state index contributed by atoms with van der Waals surface area (Å²) in [6, 6.07) is 6.20. The van der Waals surface area contributed by atoms with Gasteiger partial charge in [-0.3, -0.25) is 10.1 Å². The Morgan fingerprint density at radius 2 is 2.00 bits per heavy atom. The first-order chi connectivity index (χ1) is 14.9. The normalized spacial score (nSPS) is 17.4. The molecule has 1 aliphatic carbocycles. The van der Waals surface area contributed by atoms with E-state index in [1.54, 1.807) is 30.5 Å². The number of aryl methyl sites for hydroxylation is 1. The van der Waals surface area contributed by atoms with E-state index in [1.165, 1.54) is 30.6 Å². The summed E-state index contributed by atoms with van der Waals surface area (Å²) >= 11 is 0. The third-order valence-corrected chi connectivity index (χ3v) is 7.36. The average Bonchev–Trinajstić information content (AvgIpc) is 3.48. The Bertz CT molecular complexity index is 1060. The first-order valence-electron chi connectivity index (χ1n) is 10.5. The molecule has 10 heteroatoms. The minimum atomic E-state index is -3.51. The van der Waals surface area contributed by atoms with Crippen LogP contribution in [-0.4, -0.2) is 54.1 Å². The van der Waals surface area contributed by atoms with Crippen molar-refractivity contribution in [2.75, 3.05) is 18.9 Å². The van der Waals surface area contributed by atoms with Crippen LogP contribution >= 0.6 is 0 Å². The molecular formula is C21H26N4O5S. The minimum Gasteiger partial charge on any atom is -0.493 e. The molecule has 31 heavy (non-hydrogen) atoms. The zero-order valence-electron chi connectivity index (χ0n) is 17.2. The van der Waals surface area contributed by atoms with Gasteiger partial charge in [0, 0.05) is 6.42 Å². The predicted octanol–water partition coefficient (Wildman–Crippen LogP) is 2.05. The highest BCUT2D eigenvalue weighted by Gasteiger charge is 2.27. The Labute approximate surface area is 181 Å². The van der Waals surface area contributed by atoms with Crippen molar-refractivity contribution >= 4 is 21.8 Å². The molecule has 2 aromatic rings. The lowest BCUT2D eigenvalue weighted by Gasteiger charge is -2.12. The Morgan fingerprint density at radius 3 is 2.74 bits per heavy atom. The molecule has 1 aliphatic heterocycles. The zero-order chi connectivity index (χ0) is 21.8. The van der Waals surface area contributed by atoms with Crippen LogP contribution in [0.2, 0.25) is 0 Å². The number of sulfone groups is 1. The van der Waals surface area contributed by atoms with Crippen LogP contribution in [-0.2, 0) is 27.6 Å². The second kappa shape index (κ2) is 9.09. The van der Waals surface area contributed by atoms with E-state index >= 15 is 0 Å². The molecule has 0 atom stereocenters. The van der Waals surface area contributed by atoms with Gasteiger partial charge in [0.15, 0.2) is 9.84 Å². The van der Waals surface area contributed by atoms with E-state index in [4.69, 9.17) is 4.74 Å². The van der Waals surface area contributed by atoms with Crippen molar-refractivity contribution in [2.24, 2.45) is 5.92 Å². The number of rotatable bonds is 9. The monoisotopic (exact) mass is 446 g/mol. The van der Waals surface area contributed by atoms with Gasteiger partial charge in [0.05, 0.1) is 35.7 Å². The first-order valence-corrected chi connectivity index (χ1v) is 12.1. The van der Waals surface area contributed by atoms with Crippen molar-refractivity contribution in [3.63, 3.8) is 0 Å². The molecular weight excluding hydrogens is 420 g/mol. The molecule has 2 fully saturated rings. The topological polar surface area (TPSA) is 121 Å².